The summed E-state index contributed by atoms with van der Waals surface area (Å²) in [6, 6.07) is 69.8. The molecule has 2 aliphatic rings. The van der Waals surface area contributed by atoms with Crippen molar-refractivity contribution >= 4 is 45.3 Å². The van der Waals surface area contributed by atoms with Gasteiger partial charge in [-0.15, -0.1) is 0 Å². The molecule has 0 unspecified atom stereocenters. The van der Waals surface area contributed by atoms with Gasteiger partial charge in [-0.05, 0) is 87.5 Å². The van der Waals surface area contributed by atoms with E-state index in [0.29, 0.717) is 0 Å². The molecule has 0 radical (unpaired) electrons. The van der Waals surface area contributed by atoms with Gasteiger partial charge in [-0.2, -0.15) is 0 Å². The van der Waals surface area contributed by atoms with Crippen molar-refractivity contribution in [2.75, 3.05) is 0 Å². The summed E-state index contributed by atoms with van der Waals surface area (Å²) in [6.07, 6.45) is 0. The van der Waals surface area contributed by atoms with E-state index in [-0.39, 0.29) is 0 Å². The summed E-state index contributed by atoms with van der Waals surface area (Å²) in [4.78, 5) is 5.23. The largest absolute Gasteiger partial charge is 0.309 e. The van der Waals surface area contributed by atoms with E-state index in [0.717, 1.165) is 0 Å². The smallest absolute Gasteiger partial charge is 0.0751 e. The first-order chi connectivity index (χ1) is 25.8. The summed E-state index contributed by atoms with van der Waals surface area (Å²) in [5.41, 5.74) is 13.5. The molecule has 11 rings (SSSR count). The van der Waals surface area contributed by atoms with Crippen molar-refractivity contribution in [3.63, 3.8) is 0 Å². The first-order valence-corrected chi connectivity index (χ1v) is 19.4. The van der Waals surface area contributed by atoms with Crippen LogP contribution in [-0.4, -0.2) is 4.57 Å². The molecular weight excluding hydrogens is 667 g/mol. The van der Waals surface area contributed by atoms with Crippen molar-refractivity contribution in [1.82, 2.24) is 4.57 Å². The number of benzene rings is 8. The Balaban J connectivity index is 1.27. The van der Waals surface area contributed by atoms with Crippen molar-refractivity contribution in [3.8, 4) is 27.9 Å². The second-order valence-corrected chi connectivity index (χ2v) is 15.8. The number of rotatable bonds is 3. The lowest BCUT2D eigenvalue weighted by Gasteiger charge is -2.46. The van der Waals surface area contributed by atoms with Gasteiger partial charge in [0.1, 0.15) is 0 Å². The predicted octanol–water partition coefficient (Wildman–Crippen LogP) is 13.4. The Morgan fingerprint density at radius 1 is 0.385 bits per heavy atom. The average molecular weight is 698 g/mol. The second-order valence-electron chi connectivity index (χ2n) is 13.6. The van der Waals surface area contributed by atoms with Gasteiger partial charge in [0.25, 0.3) is 0 Å². The topological polar surface area (TPSA) is 4.93 Å². The molecule has 2 aliphatic heterocycles. The molecule has 3 heteroatoms. The van der Waals surface area contributed by atoms with Gasteiger partial charge in [0, 0.05) is 41.6 Å². The second kappa shape index (κ2) is 11.6. The molecule has 0 saturated carbocycles. The zero-order chi connectivity index (χ0) is 34.2. The quantitative estimate of drug-likeness (QED) is 0.181. The summed E-state index contributed by atoms with van der Waals surface area (Å²) in [7, 11) is 0. The first-order valence-electron chi connectivity index (χ1n) is 17.8. The number of aromatic nitrogens is 1. The average Bonchev–Trinajstić information content (AvgIpc) is 3.56. The highest BCUT2D eigenvalue weighted by Crippen LogP contribution is 2.63. The van der Waals surface area contributed by atoms with Crippen molar-refractivity contribution in [2.45, 2.75) is 25.0 Å². The lowest BCUT2D eigenvalue weighted by molar-refractivity contribution is 0.669. The summed E-state index contributed by atoms with van der Waals surface area (Å²) in [5, 5.41) is 2.53. The molecule has 9 aromatic rings. The van der Waals surface area contributed by atoms with E-state index in [2.05, 4.69) is 193 Å². The maximum absolute atomic E-state index is 2.53. The van der Waals surface area contributed by atoms with Crippen LogP contribution >= 0.6 is 23.5 Å². The van der Waals surface area contributed by atoms with Crippen LogP contribution in [0.5, 0.6) is 0 Å². The van der Waals surface area contributed by atoms with Gasteiger partial charge in [-0.25, -0.2) is 0 Å². The highest BCUT2D eigenvalue weighted by Gasteiger charge is 2.50. The standard InChI is InChI=1S/C49H31NS2/c1-3-15-32(16-4-1)35-20-14-28-46-47(35)49(39-23-8-11-26-43(39)51-44-27-12-9-24-40(44)49)41-31-33(29-30-45(41)52-46)36-21-13-22-38-37-19-7-10-25-42(37)50(48(36)38)34-17-5-2-6-18-34/h1-31H. The lowest BCUT2D eigenvalue weighted by atomic mass is 9.62. The summed E-state index contributed by atoms with van der Waals surface area (Å²) >= 11 is 3.80. The van der Waals surface area contributed by atoms with Gasteiger partial charge in [-0.1, -0.05) is 163 Å². The van der Waals surface area contributed by atoms with Crippen molar-refractivity contribution in [1.29, 1.82) is 0 Å². The van der Waals surface area contributed by atoms with Gasteiger partial charge in [0.05, 0.1) is 16.4 Å². The molecule has 0 aliphatic carbocycles. The highest BCUT2D eigenvalue weighted by molar-refractivity contribution is 8.00. The fraction of sp³-hybridized carbons (Fsp3) is 0.0204. The van der Waals surface area contributed by atoms with E-state index in [1.54, 1.807) is 0 Å². The Morgan fingerprint density at radius 2 is 0.962 bits per heavy atom. The van der Waals surface area contributed by atoms with Crippen molar-refractivity contribution in [3.05, 3.63) is 210 Å². The molecule has 0 bridgehead atoms. The zero-order valence-corrected chi connectivity index (χ0v) is 29.8. The minimum atomic E-state index is -0.531. The van der Waals surface area contributed by atoms with Crippen LogP contribution in [-0.2, 0) is 5.41 Å². The maximum atomic E-state index is 2.53. The Labute approximate surface area is 311 Å². The van der Waals surface area contributed by atoms with Crippen LogP contribution in [0.15, 0.2) is 208 Å². The Morgan fingerprint density at radius 3 is 1.75 bits per heavy atom. The maximum Gasteiger partial charge on any atom is 0.0751 e. The van der Waals surface area contributed by atoms with E-state index in [1.165, 1.54) is 91.6 Å². The normalized spacial score (nSPS) is 13.8. The molecular formula is C49H31NS2. The van der Waals surface area contributed by atoms with E-state index in [9.17, 15) is 0 Å². The Bertz CT molecular complexity index is 2810. The lowest BCUT2D eigenvalue weighted by Crippen LogP contribution is -2.37. The number of fused-ring (bicyclic) bond motifs is 11. The molecule has 52 heavy (non-hydrogen) atoms. The monoisotopic (exact) mass is 697 g/mol. The van der Waals surface area contributed by atoms with Gasteiger partial charge in [0.15, 0.2) is 0 Å². The molecule has 1 spiro atoms. The molecule has 8 aromatic carbocycles. The van der Waals surface area contributed by atoms with Crippen LogP contribution in [0.2, 0.25) is 0 Å². The number of hydrogen-bond acceptors (Lipinski definition) is 2. The molecule has 0 N–H and O–H groups in total. The molecule has 244 valence electrons. The third kappa shape index (κ3) is 4.21. The van der Waals surface area contributed by atoms with Crippen molar-refractivity contribution < 1.29 is 0 Å². The molecule has 0 atom stereocenters. The van der Waals surface area contributed by atoms with Crippen LogP contribution in [0, 0.1) is 0 Å². The summed E-state index contributed by atoms with van der Waals surface area (Å²) in [5.74, 6) is 0. The van der Waals surface area contributed by atoms with Gasteiger partial charge in [-0.3, -0.25) is 0 Å². The van der Waals surface area contributed by atoms with Gasteiger partial charge < -0.3 is 4.57 Å². The molecule has 1 nitrogen and oxygen atoms in total. The van der Waals surface area contributed by atoms with E-state index in [4.69, 9.17) is 0 Å². The predicted molar refractivity (Wildman–Crippen MR) is 218 cm³/mol. The Kier molecular flexibility index (Phi) is 6.70. The van der Waals surface area contributed by atoms with Crippen LogP contribution in [0.3, 0.4) is 0 Å². The zero-order valence-electron chi connectivity index (χ0n) is 28.2. The van der Waals surface area contributed by atoms with Gasteiger partial charge in [0.2, 0.25) is 0 Å². The van der Waals surface area contributed by atoms with E-state index < -0.39 is 5.41 Å². The van der Waals surface area contributed by atoms with E-state index in [1.807, 2.05) is 23.5 Å². The van der Waals surface area contributed by atoms with Crippen LogP contribution in [0.1, 0.15) is 22.3 Å². The third-order valence-corrected chi connectivity index (χ3v) is 13.2. The summed E-state index contributed by atoms with van der Waals surface area (Å²) in [6.45, 7) is 0. The first kappa shape index (κ1) is 29.9. The SMILES string of the molecule is c1ccc(-c2cccc3c2C2(c4ccccc4Sc4ccccc42)c2cc(-c4cccc5c6ccccc6n(-c6ccccc6)c45)ccc2S3)cc1. The van der Waals surface area contributed by atoms with Gasteiger partial charge >= 0.3 is 0 Å². The number of hydrogen-bond donors (Lipinski definition) is 0. The number of nitrogens with zero attached hydrogens (tertiary/aromatic N) is 1. The van der Waals surface area contributed by atoms with Crippen LogP contribution in [0.4, 0.5) is 0 Å². The molecule has 3 heterocycles. The van der Waals surface area contributed by atoms with Crippen LogP contribution in [0.25, 0.3) is 49.7 Å². The highest BCUT2D eigenvalue weighted by atomic mass is 32.2. The van der Waals surface area contributed by atoms with Crippen molar-refractivity contribution in [2.24, 2.45) is 0 Å². The molecule has 0 fully saturated rings. The molecule has 0 amide bonds. The van der Waals surface area contributed by atoms with Crippen LogP contribution < -0.4 is 0 Å². The molecule has 1 aromatic heterocycles. The minimum Gasteiger partial charge on any atom is -0.309 e. The Hall–Kier alpha value is -5.74. The summed E-state index contributed by atoms with van der Waals surface area (Å²) < 4.78 is 2.45. The third-order valence-electron chi connectivity index (χ3n) is 10.9. The number of para-hydroxylation sites is 3. The van der Waals surface area contributed by atoms with E-state index >= 15 is 0 Å². The fourth-order valence-electron chi connectivity index (χ4n) is 8.84. The fourth-order valence-corrected chi connectivity index (χ4v) is 11.2. The minimum absolute atomic E-state index is 0.531. The molecule has 0 saturated heterocycles.